The highest BCUT2D eigenvalue weighted by Gasteiger charge is 2.13. The zero-order valence-corrected chi connectivity index (χ0v) is 15.6. The zero-order valence-electron chi connectivity index (χ0n) is 13.2. The first-order valence-corrected chi connectivity index (χ1v) is 9.52. The third-order valence-corrected chi connectivity index (χ3v) is 5.81. The molecule has 0 fully saturated rings. The predicted octanol–water partition coefficient (Wildman–Crippen LogP) is 6.01. The molecule has 0 spiro atoms. The standard InChI is InChI=1S/C18H18BrN3S/c1-3-4-7-22-15-6-5-11(19)8-12(15)13-9-14-17(10-16(13)22)23-18(20-2)21-14/h5-6,8-10H,3-4,7H2,1-2H3,(H,20,21). The minimum Gasteiger partial charge on any atom is -0.365 e. The predicted molar refractivity (Wildman–Crippen MR) is 105 cm³/mol. The molecule has 0 radical (unpaired) electrons. The van der Waals surface area contributed by atoms with E-state index in [0.717, 1.165) is 21.7 Å². The Labute approximate surface area is 147 Å². The van der Waals surface area contributed by atoms with Crippen molar-refractivity contribution < 1.29 is 0 Å². The van der Waals surface area contributed by atoms with Crippen LogP contribution in [0.3, 0.4) is 0 Å². The van der Waals surface area contributed by atoms with Gasteiger partial charge in [-0.05, 0) is 36.8 Å². The number of aromatic nitrogens is 2. The molecular weight excluding hydrogens is 370 g/mol. The van der Waals surface area contributed by atoms with Crippen LogP contribution < -0.4 is 5.32 Å². The molecule has 0 saturated heterocycles. The smallest absolute Gasteiger partial charge is 0.183 e. The summed E-state index contributed by atoms with van der Waals surface area (Å²) in [5.41, 5.74) is 3.69. The van der Waals surface area contributed by atoms with Gasteiger partial charge in [-0.2, -0.15) is 0 Å². The first-order valence-electron chi connectivity index (χ1n) is 7.91. The lowest BCUT2D eigenvalue weighted by Crippen LogP contribution is -1.96. The van der Waals surface area contributed by atoms with E-state index >= 15 is 0 Å². The van der Waals surface area contributed by atoms with Gasteiger partial charge in [-0.25, -0.2) is 4.98 Å². The summed E-state index contributed by atoms with van der Waals surface area (Å²) >= 11 is 5.33. The number of hydrogen-bond acceptors (Lipinski definition) is 3. The van der Waals surface area contributed by atoms with Gasteiger partial charge in [0.15, 0.2) is 5.13 Å². The van der Waals surface area contributed by atoms with Crippen LogP contribution in [-0.2, 0) is 6.54 Å². The Hall–Kier alpha value is -1.59. The molecule has 3 nitrogen and oxygen atoms in total. The molecule has 0 amide bonds. The number of aryl methyl sites for hydroxylation is 1. The molecular formula is C18H18BrN3S. The van der Waals surface area contributed by atoms with E-state index in [4.69, 9.17) is 0 Å². The SMILES string of the molecule is CCCCn1c2ccc(Br)cc2c2cc3nc(NC)sc3cc21. The van der Waals surface area contributed by atoms with Crippen molar-refractivity contribution in [1.82, 2.24) is 9.55 Å². The Kier molecular flexibility index (Phi) is 3.77. The first-order chi connectivity index (χ1) is 11.2. The monoisotopic (exact) mass is 387 g/mol. The van der Waals surface area contributed by atoms with Crippen LogP contribution in [0.2, 0.25) is 0 Å². The number of hydrogen-bond donors (Lipinski definition) is 1. The summed E-state index contributed by atoms with van der Waals surface area (Å²) in [6.07, 6.45) is 2.39. The van der Waals surface area contributed by atoms with E-state index in [1.807, 2.05) is 7.05 Å². The van der Waals surface area contributed by atoms with E-state index in [0.29, 0.717) is 0 Å². The van der Waals surface area contributed by atoms with E-state index in [1.54, 1.807) is 11.3 Å². The van der Waals surface area contributed by atoms with Crippen LogP contribution in [0.15, 0.2) is 34.8 Å². The third kappa shape index (κ3) is 2.42. The van der Waals surface area contributed by atoms with Crippen molar-refractivity contribution in [3.05, 3.63) is 34.8 Å². The van der Waals surface area contributed by atoms with E-state index in [1.165, 1.54) is 39.3 Å². The molecule has 0 bridgehead atoms. The van der Waals surface area contributed by atoms with Crippen molar-refractivity contribution in [1.29, 1.82) is 0 Å². The summed E-state index contributed by atoms with van der Waals surface area (Å²) in [6.45, 7) is 3.30. The first kappa shape index (κ1) is 15.0. The van der Waals surface area contributed by atoms with Crippen molar-refractivity contribution in [2.45, 2.75) is 26.3 Å². The number of halogens is 1. The highest BCUT2D eigenvalue weighted by Crippen LogP contribution is 2.36. The molecule has 23 heavy (non-hydrogen) atoms. The van der Waals surface area contributed by atoms with Gasteiger partial charge >= 0.3 is 0 Å². The van der Waals surface area contributed by atoms with Crippen LogP contribution in [0, 0.1) is 0 Å². The van der Waals surface area contributed by atoms with Crippen LogP contribution in [0.4, 0.5) is 5.13 Å². The molecule has 4 aromatic rings. The second kappa shape index (κ2) is 5.80. The summed E-state index contributed by atoms with van der Waals surface area (Å²) < 4.78 is 4.81. The van der Waals surface area contributed by atoms with Crippen LogP contribution in [0.5, 0.6) is 0 Å². The van der Waals surface area contributed by atoms with Crippen molar-refractivity contribution in [3.63, 3.8) is 0 Å². The molecule has 4 rings (SSSR count). The van der Waals surface area contributed by atoms with Crippen molar-refractivity contribution in [2.24, 2.45) is 0 Å². The van der Waals surface area contributed by atoms with Gasteiger partial charge in [-0.1, -0.05) is 40.6 Å². The molecule has 0 aliphatic heterocycles. The van der Waals surface area contributed by atoms with E-state index in [-0.39, 0.29) is 0 Å². The van der Waals surface area contributed by atoms with Crippen LogP contribution in [0.25, 0.3) is 32.0 Å². The molecule has 0 aliphatic rings. The molecule has 0 aliphatic carbocycles. The molecule has 0 atom stereocenters. The lowest BCUT2D eigenvalue weighted by Gasteiger charge is -2.06. The summed E-state index contributed by atoms with van der Waals surface area (Å²) in [7, 11) is 1.92. The highest BCUT2D eigenvalue weighted by atomic mass is 79.9. The van der Waals surface area contributed by atoms with Gasteiger partial charge in [0.2, 0.25) is 0 Å². The van der Waals surface area contributed by atoms with Crippen molar-refractivity contribution >= 4 is 64.4 Å². The second-order valence-electron chi connectivity index (χ2n) is 5.77. The van der Waals surface area contributed by atoms with E-state index < -0.39 is 0 Å². The number of rotatable bonds is 4. The number of nitrogens with one attached hydrogen (secondary N) is 1. The fourth-order valence-electron chi connectivity index (χ4n) is 3.16. The number of thiazole rings is 1. The average molecular weight is 388 g/mol. The minimum atomic E-state index is 0.971. The van der Waals surface area contributed by atoms with Crippen LogP contribution >= 0.6 is 27.3 Å². The lowest BCUT2D eigenvalue weighted by molar-refractivity contribution is 0.665. The Morgan fingerprint density at radius 1 is 1.17 bits per heavy atom. The van der Waals surface area contributed by atoms with Gasteiger partial charge in [0.25, 0.3) is 0 Å². The van der Waals surface area contributed by atoms with Crippen molar-refractivity contribution in [3.8, 4) is 0 Å². The maximum Gasteiger partial charge on any atom is 0.183 e. The zero-order chi connectivity index (χ0) is 16.0. The maximum atomic E-state index is 4.67. The number of anilines is 1. The van der Waals surface area contributed by atoms with Gasteiger partial charge < -0.3 is 9.88 Å². The summed E-state index contributed by atoms with van der Waals surface area (Å²) in [6, 6.07) is 11.1. The molecule has 1 N–H and O–H groups in total. The number of fused-ring (bicyclic) bond motifs is 4. The number of unbranched alkanes of at least 4 members (excludes halogenated alkanes) is 1. The Morgan fingerprint density at radius 3 is 2.78 bits per heavy atom. The number of benzene rings is 2. The fourth-order valence-corrected chi connectivity index (χ4v) is 4.35. The van der Waals surface area contributed by atoms with E-state index in [2.05, 4.69) is 68.1 Å². The summed E-state index contributed by atoms with van der Waals surface area (Å²) in [5, 5.41) is 6.71. The highest BCUT2D eigenvalue weighted by molar-refractivity contribution is 9.10. The molecule has 2 aromatic heterocycles. The average Bonchev–Trinajstić information content (AvgIpc) is 3.09. The Morgan fingerprint density at radius 2 is 2.00 bits per heavy atom. The molecule has 5 heteroatoms. The molecule has 118 valence electrons. The fraction of sp³-hybridized carbons (Fsp3) is 0.278. The van der Waals surface area contributed by atoms with Crippen molar-refractivity contribution in [2.75, 3.05) is 12.4 Å². The summed E-state index contributed by atoms with van der Waals surface area (Å²) in [4.78, 5) is 4.67. The molecule has 2 aromatic carbocycles. The number of nitrogens with zero attached hydrogens (tertiary/aromatic N) is 2. The maximum absolute atomic E-state index is 4.67. The normalized spacial score (nSPS) is 11.8. The Balaban J connectivity index is 2.08. The summed E-state index contributed by atoms with van der Waals surface area (Å²) in [5.74, 6) is 0. The van der Waals surface area contributed by atoms with E-state index in [9.17, 15) is 0 Å². The molecule has 2 heterocycles. The van der Waals surface area contributed by atoms with Crippen LogP contribution in [0.1, 0.15) is 19.8 Å². The minimum absolute atomic E-state index is 0.971. The lowest BCUT2D eigenvalue weighted by atomic mass is 10.1. The topological polar surface area (TPSA) is 29.9 Å². The van der Waals surface area contributed by atoms with Gasteiger partial charge in [0.05, 0.1) is 15.7 Å². The molecule has 0 saturated carbocycles. The Bertz CT molecular complexity index is 1020. The largest absolute Gasteiger partial charge is 0.365 e. The van der Waals surface area contributed by atoms with Crippen LogP contribution in [-0.4, -0.2) is 16.6 Å². The molecule has 0 unspecified atom stereocenters. The van der Waals surface area contributed by atoms with Gasteiger partial charge in [-0.3, -0.25) is 0 Å². The third-order valence-electron chi connectivity index (χ3n) is 4.29. The second-order valence-corrected chi connectivity index (χ2v) is 7.72. The van der Waals surface area contributed by atoms with Gasteiger partial charge in [-0.15, -0.1) is 0 Å². The quantitative estimate of drug-likeness (QED) is 0.464. The van der Waals surface area contributed by atoms with Gasteiger partial charge in [0, 0.05) is 34.4 Å². The van der Waals surface area contributed by atoms with Gasteiger partial charge in [0.1, 0.15) is 0 Å².